The molecule has 0 aromatic rings. The van der Waals surface area contributed by atoms with Gasteiger partial charge in [0.1, 0.15) is 0 Å². The average Bonchev–Trinajstić information content (AvgIpc) is 1.79. The summed E-state index contributed by atoms with van der Waals surface area (Å²) in [5, 5.41) is 16.7. The molecule has 0 aliphatic heterocycles. The summed E-state index contributed by atoms with van der Waals surface area (Å²) in [5.41, 5.74) is 0. The maximum atomic E-state index is 10.0. The minimum atomic E-state index is -0.125. The van der Waals surface area contributed by atoms with E-state index < -0.39 is 0 Å². The van der Waals surface area contributed by atoms with Crippen LogP contribution in [0.25, 0.3) is 0 Å². The number of hydrogen-bond acceptors (Lipinski definition) is 4. The minimum Gasteiger partial charge on any atom is -0.512 e. The highest BCUT2D eigenvalue weighted by molar-refractivity contribution is 8.93. The number of halogens is 2. The minimum absolute atomic E-state index is 0. The highest BCUT2D eigenvalue weighted by Crippen LogP contribution is 1.82. The molecule has 0 saturated heterocycles. The number of hydrogen-bond donors (Lipinski definition) is 2. The van der Waals surface area contributed by atoms with Crippen LogP contribution in [0.2, 0.25) is 0 Å². The van der Waals surface area contributed by atoms with Crippen LogP contribution in [-0.2, 0) is 9.59 Å². The van der Waals surface area contributed by atoms with E-state index in [1.807, 2.05) is 0 Å². The van der Waals surface area contributed by atoms with E-state index in [2.05, 4.69) is 0 Å². The molecule has 0 unspecified atom stereocenters. The van der Waals surface area contributed by atoms with Crippen molar-refractivity contribution < 1.29 is 19.8 Å². The van der Waals surface area contributed by atoms with Gasteiger partial charge in [-0.15, -0.1) is 34.0 Å². The van der Waals surface area contributed by atoms with Gasteiger partial charge in [0.2, 0.25) is 0 Å². The summed E-state index contributed by atoms with van der Waals surface area (Å²) in [4.78, 5) is 20.0. The lowest BCUT2D eigenvalue weighted by Gasteiger charge is -1.80. The van der Waals surface area contributed by atoms with Gasteiger partial charge in [-0.3, -0.25) is 9.59 Å². The quantitative estimate of drug-likeness (QED) is 0.584. The van der Waals surface area contributed by atoms with E-state index in [0.717, 1.165) is 0 Å². The first-order chi connectivity index (χ1) is 6.25. The van der Waals surface area contributed by atoms with Gasteiger partial charge in [-0.2, -0.15) is 0 Å². The molecule has 0 rings (SSSR count). The smallest absolute Gasteiger partial charge is 0.155 e. The van der Waals surface area contributed by atoms with Gasteiger partial charge >= 0.3 is 0 Å². The fraction of sp³-hybridized carbons (Fsp3) is 0.400. The average molecular weight is 362 g/mol. The first kappa shape index (κ1) is 24.6. The Balaban J connectivity index is -0.0000000800. The van der Waals surface area contributed by atoms with E-state index in [-0.39, 0.29) is 57.0 Å². The lowest BCUT2D eigenvalue weighted by Crippen LogP contribution is -1.82. The van der Waals surface area contributed by atoms with E-state index in [0.29, 0.717) is 0 Å². The van der Waals surface area contributed by atoms with Crippen molar-refractivity contribution in [2.24, 2.45) is 0 Å². The summed E-state index contributed by atoms with van der Waals surface area (Å²) in [7, 11) is 0. The van der Waals surface area contributed by atoms with Crippen LogP contribution in [0.5, 0.6) is 0 Å². The highest BCUT2D eigenvalue weighted by Gasteiger charge is 1.83. The Morgan fingerprint density at radius 2 is 0.938 bits per heavy atom. The van der Waals surface area contributed by atoms with Gasteiger partial charge in [-0.05, 0) is 27.7 Å². The van der Waals surface area contributed by atoms with Gasteiger partial charge in [0.15, 0.2) is 11.6 Å². The normalized spacial score (nSPS) is 10.0. The molecular formula is C10H18Br2O4. The van der Waals surface area contributed by atoms with Crippen molar-refractivity contribution in [2.75, 3.05) is 0 Å². The fourth-order valence-electron chi connectivity index (χ4n) is 0.588. The zero-order valence-corrected chi connectivity index (χ0v) is 13.1. The van der Waals surface area contributed by atoms with Gasteiger partial charge < -0.3 is 10.2 Å². The second kappa shape index (κ2) is 14.4. The number of aliphatic hydroxyl groups is 2. The molecule has 6 heteroatoms. The van der Waals surface area contributed by atoms with Crippen LogP contribution in [0.4, 0.5) is 0 Å². The third-order valence-corrected chi connectivity index (χ3v) is 0.824. The number of aliphatic hydroxyl groups excluding tert-OH is 2. The Morgan fingerprint density at radius 1 is 0.750 bits per heavy atom. The van der Waals surface area contributed by atoms with Crippen LogP contribution in [0, 0.1) is 0 Å². The second-order valence-electron chi connectivity index (χ2n) is 2.79. The Bertz CT molecular complexity index is 234. The topological polar surface area (TPSA) is 74.6 Å². The standard InChI is InChI=1S/2C5H8O2.2BrH/c2*1-4(6)3-5(2)7;;/h2*3,6H,1-2H3;2*1H/b2*4-3-;;. The molecule has 0 aliphatic rings. The number of carbonyl (C=O) groups excluding carboxylic acids is 2. The van der Waals surface area contributed by atoms with Crippen molar-refractivity contribution in [3.05, 3.63) is 23.7 Å². The molecule has 0 aliphatic carbocycles. The predicted molar refractivity (Wildman–Crippen MR) is 74.8 cm³/mol. The molecule has 0 fully saturated rings. The summed E-state index contributed by atoms with van der Waals surface area (Å²) < 4.78 is 0. The van der Waals surface area contributed by atoms with Gasteiger partial charge in [0.05, 0.1) is 11.5 Å². The van der Waals surface area contributed by atoms with Crippen LogP contribution in [0.3, 0.4) is 0 Å². The van der Waals surface area contributed by atoms with E-state index in [9.17, 15) is 9.59 Å². The maximum Gasteiger partial charge on any atom is 0.155 e. The Hall–Kier alpha value is -0.620. The van der Waals surface area contributed by atoms with Crippen molar-refractivity contribution in [2.45, 2.75) is 27.7 Å². The molecule has 0 saturated carbocycles. The number of rotatable bonds is 2. The second-order valence-corrected chi connectivity index (χ2v) is 2.79. The molecule has 96 valence electrons. The van der Waals surface area contributed by atoms with Gasteiger partial charge in [0, 0.05) is 12.2 Å². The molecule has 2 N–H and O–H groups in total. The molecular weight excluding hydrogens is 344 g/mol. The molecule has 0 amide bonds. The van der Waals surface area contributed by atoms with Gasteiger partial charge in [-0.1, -0.05) is 0 Å². The molecule has 0 bridgehead atoms. The maximum absolute atomic E-state index is 10.0. The van der Waals surface area contributed by atoms with Gasteiger partial charge in [0.25, 0.3) is 0 Å². The third-order valence-electron chi connectivity index (χ3n) is 0.824. The Labute approximate surface area is 117 Å². The number of ketones is 2. The first-order valence-corrected chi connectivity index (χ1v) is 4.01. The SMILES string of the molecule is Br.Br.CC(=O)/C=C(/C)O.CC(=O)/C=C(/C)O. The van der Waals surface area contributed by atoms with E-state index >= 15 is 0 Å². The lowest BCUT2D eigenvalue weighted by molar-refractivity contribution is -0.113. The van der Waals surface area contributed by atoms with E-state index in [4.69, 9.17) is 10.2 Å². The molecule has 0 radical (unpaired) electrons. The van der Waals surface area contributed by atoms with Crippen LogP contribution in [0.15, 0.2) is 23.7 Å². The fourth-order valence-corrected chi connectivity index (χ4v) is 0.588. The summed E-state index contributed by atoms with van der Waals surface area (Å²) in [6.45, 7) is 5.70. The van der Waals surface area contributed by atoms with Crippen molar-refractivity contribution in [3.8, 4) is 0 Å². The first-order valence-electron chi connectivity index (χ1n) is 4.01. The predicted octanol–water partition coefficient (Wildman–Crippen LogP) is 3.23. The highest BCUT2D eigenvalue weighted by atomic mass is 79.9. The van der Waals surface area contributed by atoms with E-state index in [1.54, 1.807) is 0 Å². The monoisotopic (exact) mass is 360 g/mol. The largest absolute Gasteiger partial charge is 0.512 e. The summed E-state index contributed by atoms with van der Waals surface area (Å²) in [5.74, 6) is -0.125. The van der Waals surface area contributed by atoms with Crippen LogP contribution in [-0.4, -0.2) is 21.8 Å². The molecule has 0 aromatic heterocycles. The number of allylic oxidation sites excluding steroid dienone is 4. The molecule has 16 heavy (non-hydrogen) atoms. The zero-order chi connectivity index (χ0) is 11.7. The molecule has 0 aromatic carbocycles. The van der Waals surface area contributed by atoms with E-state index in [1.165, 1.54) is 39.8 Å². The van der Waals surface area contributed by atoms with Gasteiger partial charge in [-0.25, -0.2) is 0 Å². The van der Waals surface area contributed by atoms with Crippen molar-refractivity contribution in [3.63, 3.8) is 0 Å². The number of carbonyl (C=O) groups is 2. The summed E-state index contributed by atoms with van der Waals surface area (Å²) in [6.07, 6.45) is 2.33. The molecule has 0 heterocycles. The Kier molecular flexibility index (Phi) is 22.1. The van der Waals surface area contributed by atoms with Crippen LogP contribution < -0.4 is 0 Å². The summed E-state index contributed by atoms with van der Waals surface area (Å²) in [6, 6.07) is 0. The third kappa shape index (κ3) is 37.7. The lowest BCUT2D eigenvalue weighted by atomic mass is 10.4. The Morgan fingerprint density at radius 3 is 0.938 bits per heavy atom. The van der Waals surface area contributed by atoms with Crippen LogP contribution >= 0.6 is 34.0 Å². The molecule has 4 nitrogen and oxygen atoms in total. The summed E-state index contributed by atoms with van der Waals surface area (Å²) >= 11 is 0. The molecule has 0 spiro atoms. The van der Waals surface area contributed by atoms with Crippen molar-refractivity contribution >= 4 is 45.5 Å². The van der Waals surface area contributed by atoms with Crippen LogP contribution in [0.1, 0.15) is 27.7 Å². The van der Waals surface area contributed by atoms with Crippen molar-refractivity contribution in [1.29, 1.82) is 0 Å². The zero-order valence-electron chi connectivity index (χ0n) is 9.68. The van der Waals surface area contributed by atoms with Crippen molar-refractivity contribution in [1.82, 2.24) is 0 Å². The molecule has 0 atom stereocenters.